The Morgan fingerprint density at radius 3 is 2.70 bits per heavy atom. The van der Waals surface area contributed by atoms with Crippen LogP contribution in [-0.4, -0.2) is 54.5 Å². The molecule has 9 heteroatoms. The molecule has 0 aliphatic carbocycles. The Labute approximate surface area is 190 Å². The van der Waals surface area contributed by atoms with E-state index in [1.807, 2.05) is 18.2 Å². The minimum Gasteiger partial charge on any atom is -0.493 e. The van der Waals surface area contributed by atoms with Crippen molar-refractivity contribution in [3.05, 3.63) is 60.3 Å². The quantitative estimate of drug-likeness (QED) is 0.513. The van der Waals surface area contributed by atoms with Crippen LogP contribution in [-0.2, 0) is 16.0 Å². The van der Waals surface area contributed by atoms with Crippen molar-refractivity contribution in [3.8, 4) is 11.5 Å². The maximum Gasteiger partial charge on any atom is 0.324 e. The SMILES string of the molecule is COc1ccc(CCN2C(=O)N[C@@H](CC(=O)Nc3cccc4ncccc34)C2=O)cc1OC. The van der Waals surface area contributed by atoms with Crippen LogP contribution < -0.4 is 20.1 Å². The normalized spacial score (nSPS) is 15.5. The second kappa shape index (κ2) is 9.56. The maximum atomic E-state index is 12.8. The number of carbonyl (C=O) groups excluding carboxylic acids is 3. The topological polar surface area (TPSA) is 110 Å². The standard InChI is InChI=1S/C24H24N4O5/c1-32-20-9-8-15(13-21(20)33-2)10-12-28-23(30)19(27-24(28)31)14-22(29)26-18-7-3-6-17-16(18)5-4-11-25-17/h3-9,11,13,19H,10,12,14H2,1-2H3,(H,26,29)(H,27,31)/t19-/m0/s1. The molecule has 0 spiro atoms. The number of amides is 4. The number of nitrogens with zero attached hydrogens (tertiary/aromatic N) is 2. The van der Waals surface area contributed by atoms with Gasteiger partial charge in [-0.15, -0.1) is 0 Å². The average molecular weight is 448 g/mol. The Morgan fingerprint density at radius 1 is 1.09 bits per heavy atom. The van der Waals surface area contributed by atoms with Crippen LogP contribution in [0, 0.1) is 0 Å². The first-order valence-corrected chi connectivity index (χ1v) is 10.5. The monoisotopic (exact) mass is 448 g/mol. The summed E-state index contributed by atoms with van der Waals surface area (Å²) in [4.78, 5) is 43.1. The van der Waals surface area contributed by atoms with Crippen molar-refractivity contribution in [2.24, 2.45) is 0 Å². The van der Waals surface area contributed by atoms with Crippen LogP contribution in [0.15, 0.2) is 54.7 Å². The fourth-order valence-corrected chi connectivity index (χ4v) is 3.80. The van der Waals surface area contributed by atoms with E-state index in [0.717, 1.165) is 21.4 Å². The number of benzene rings is 2. The summed E-state index contributed by atoms with van der Waals surface area (Å²) in [7, 11) is 3.10. The van der Waals surface area contributed by atoms with Crippen molar-refractivity contribution >= 4 is 34.4 Å². The molecule has 0 radical (unpaired) electrons. The van der Waals surface area contributed by atoms with Crippen LogP contribution >= 0.6 is 0 Å². The highest BCUT2D eigenvalue weighted by atomic mass is 16.5. The third-order valence-corrected chi connectivity index (χ3v) is 5.49. The number of rotatable bonds is 8. The Morgan fingerprint density at radius 2 is 1.91 bits per heavy atom. The van der Waals surface area contributed by atoms with E-state index in [4.69, 9.17) is 9.47 Å². The lowest BCUT2D eigenvalue weighted by Gasteiger charge is -2.14. The molecule has 1 atom stereocenters. The highest BCUT2D eigenvalue weighted by Gasteiger charge is 2.38. The first-order valence-electron chi connectivity index (χ1n) is 10.5. The van der Waals surface area contributed by atoms with Crippen LogP contribution in [0.4, 0.5) is 10.5 Å². The molecule has 2 aromatic carbocycles. The van der Waals surface area contributed by atoms with Crippen LogP contribution in [0.3, 0.4) is 0 Å². The molecule has 1 aliphatic rings. The average Bonchev–Trinajstić information content (AvgIpc) is 3.09. The predicted octanol–water partition coefficient (Wildman–Crippen LogP) is 2.74. The van der Waals surface area contributed by atoms with E-state index in [9.17, 15) is 14.4 Å². The zero-order valence-electron chi connectivity index (χ0n) is 18.3. The van der Waals surface area contributed by atoms with Gasteiger partial charge in [0.05, 0.1) is 31.8 Å². The molecule has 4 amide bonds. The van der Waals surface area contributed by atoms with Crippen LogP contribution in [0.2, 0.25) is 0 Å². The molecule has 2 N–H and O–H groups in total. The molecule has 3 aromatic rings. The van der Waals surface area contributed by atoms with Gasteiger partial charge in [-0.3, -0.25) is 19.5 Å². The summed E-state index contributed by atoms with van der Waals surface area (Å²) in [6.45, 7) is 0.188. The van der Waals surface area contributed by atoms with Gasteiger partial charge in [0.2, 0.25) is 5.91 Å². The summed E-state index contributed by atoms with van der Waals surface area (Å²) in [6.07, 6.45) is 1.97. The first kappa shape index (κ1) is 22.1. The van der Waals surface area contributed by atoms with Crippen molar-refractivity contribution in [1.82, 2.24) is 15.2 Å². The lowest BCUT2D eigenvalue weighted by Crippen LogP contribution is -2.35. The van der Waals surface area contributed by atoms with Crippen LogP contribution in [0.5, 0.6) is 11.5 Å². The van der Waals surface area contributed by atoms with Gasteiger partial charge in [-0.05, 0) is 48.4 Å². The molecule has 4 rings (SSSR count). The van der Waals surface area contributed by atoms with Gasteiger partial charge in [0.25, 0.3) is 5.91 Å². The van der Waals surface area contributed by atoms with Gasteiger partial charge in [0.1, 0.15) is 6.04 Å². The molecular weight excluding hydrogens is 424 g/mol. The fraction of sp³-hybridized carbons (Fsp3) is 0.250. The summed E-state index contributed by atoms with van der Waals surface area (Å²) in [5.74, 6) is 0.386. The lowest BCUT2D eigenvalue weighted by atomic mass is 10.1. The number of anilines is 1. The third-order valence-electron chi connectivity index (χ3n) is 5.49. The molecule has 33 heavy (non-hydrogen) atoms. The van der Waals surface area contributed by atoms with Gasteiger partial charge in [-0.2, -0.15) is 0 Å². The summed E-state index contributed by atoms with van der Waals surface area (Å²) in [5.41, 5.74) is 2.24. The lowest BCUT2D eigenvalue weighted by molar-refractivity contribution is -0.129. The largest absolute Gasteiger partial charge is 0.493 e. The predicted molar refractivity (Wildman–Crippen MR) is 122 cm³/mol. The number of carbonyl (C=O) groups is 3. The van der Waals surface area contributed by atoms with Crippen molar-refractivity contribution in [1.29, 1.82) is 0 Å². The number of pyridine rings is 1. The zero-order valence-corrected chi connectivity index (χ0v) is 18.3. The third kappa shape index (κ3) is 4.72. The van der Waals surface area contributed by atoms with Gasteiger partial charge in [0, 0.05) is 18.1 Å². The minimum atomic E-state index is -0.906. The number of ether oxygens (including phenoxy) is 2. The number of hydrogen-bond acceptors (Lipinski definition) is 6. The molecular formula is C24H24N4O5. The number of imide groups is 1. The molecule has 1 aliphatic heterocycles. The molecule has 2 heterocycles. The number of fused-ring (bicyclic) bond motifs is 1. The number of aromatic nitrogens is 1. The molecule has 1 aromatic heterocycles. The van der Waals surface area contributed by atoms with Crippen molar-refractivity contribution in [2.75, 3.05) is 26.1 Å². The zero-order chi connectivity index (χ0) is 23.4. The highest BCUT2D eigenvalue weighted by Crippen LogP contribution is 2.28. The Balaban J connectivity index is 1.37. The molecule has 1 fully saturated rings. The van der Waals surface area contributed by atoms with Gasteiger partial charge >= 0.3 is 6.03 Å². The summed E-state index contributed by atoms with van der Waals surface area (Å²) in [6, 6.07) is 13.1. The van der Waals surface area contributed by atoms with Crippen molar-refractivity contribution < 1.29 is 23.9 Å². The van der Waals surface area contributed by atoms with Crippen molar-refractivity contribution in [3.63, 3.8) is 0 Å². The second-order valence-electron chi connectivity index (χ2n) is 7.56. The van der Waals surface area contributed by atoms with E-state index >= 15 is 0 Å². The minimum absolute atomic E-state index is 0.159. The van der Waals surface area contributed by atoms with E-state index in [1.165, 1.54) is 0 Å². The molecule has 170 valence electrons. The Kier molecular flexibility index (Phi) is 6.39. The summed E-state index contributed by atoms with van der Waals surface area (Å²) >= 11 is 0. The molecule has 0 unspecified atom stereocenters. The van der Waals surface area contributed by atoms with E-state index in [0.29, 0.717) is 23.6 Å². The van der Waals surface area contributed by atoms with Gasteiger partial charge in [0.15, 0.2) is 11.5 Å². The fourth-order valence-electron chi connectivity index (χ4n) is 3.80. The van der Waals surface area contributed by atoms with Crippen molar-refractivity contribution in [2.45, 2.75) is 18.9 Å². The Bertz CT molecular complexity index is 1210. The van der Waals surface area contributed by atoms with Gasteiger partial charge < -0.3 is 20.1 Å². The van der Waals surface area contributed by atoms with Gasteiger partial charge in [-0.25, -0.2) is 4.79 Å². The van der Waals surface area contributed by atoms with E-state index < -0.39 is 18.0 Å². The number of urea groups is 1. The first-order chi connectivity index (χ1) is 16.0. The highest BCUT2D eigenvalue weighted by molar-refractivity contribution is 6.08. The molecule has 0 bridgehead atoms. The van der Waals surface area contributed by atoms with Crippen LogP contribution in [0.1, 0.15) is 12.0 Å². The van der Waals surface area contributed by atoms with E-state index in [-0.39, 0.29) is 18.9 Å². The molecule has 0 saturated carbocycles. The summed E-state index contributed by atoms with van der Waals surface area (Å²) < 4.78 is 10.5. The smallest absolute Gasteiger partial charge is 0.324 e. The number of hydrogen-bond donors (Lipinski definition) is 2. The number of methoxy groups -OCH3 is 2. The van der Waals surface area contributed by atoms with Gasteiger partial charge in [-0.1, -0.05) is 12.1 Å². The summed E-state index contributed by atoms with van der Waals surface area (Å²) in [5, 5.41) is 6.22. The number of nitrogens with one attached hydrogen (secondary N) is 2. The second-order valence-corrected chi connectivity index (χ2v) is 7.56. The van der Waals surface area contributed by atoms with Crippen LogP contribution in [0.25, 0.3) is 10.9 Å². The van der Waals surface area contributed by atoms with E-state index in [1.54, 1.807) is 50.7 Å². The van der Waals surface area contributed by atoms with E-state index in [2.05, 4.69) is 15.6 Å². The maximum absolute atomic E-state index is 12.8. The Hall–Kier alpha value is -4.14. The molecule has 9 nitrogen and oxygen atoms in total. The molecule has 1 saturated heterocycles.